The molecule has 0 aromatic carbocycles. The second kappa shape index (κ2) is 54.0. The van der Waals surface area contributed by atoms with Gasteiger partial charge in [-0.05, 0) is 57.8 Å². The van der Waals surface area contributed by atoms with Gasteiger partial charge >= 0.3 is 17.9 Å². The highest BCUT2D eigenvalue weighted by Gasteiger charge is 2.19. The van der Waals surface area contributed by atoms with E-state index in [9.17, 15) is 14.4 Å². The molecular weight excluding hydrogens is 805 g/mol. The fourth-order valence-corrected chi connectivity index (χ4v) is 8.14. The zero-order valence-corrected chi connectivity index (χ0v) is 43.3. The molecule has 1 atom stereocenters. The molecule has 0 bridgehead atoms. The largest absolute Gasteiger partial charge is 0.462 e. The highest BCUT2D eigenvalue weighted by atomic mass is 16.6. The minimum absolute atomic E-state index is 0.0818. The molecule has 0 saturated heterocycles. The van der Waals surface area contributed by atoms with Gasteiger partial charge in [0.1, 0.15) is 13.2 Å². The van der Waals surface area contributed by atoms with Crippen molar-refractivity contribution < 1.29 is 28.6 Å². The molecule has 65 heavy (non-hydrogen) atoms. The lowest BCUT2D eigenvalue weighted by molar-refractivity contribution is -0.167. The predicted octanol–water partition coefficient (Wildman–Crippen LogP) is 18.7. The van der Waals surface area contributed by atoms with Crippen LogP contribution in [0.25, 0.3) is 0 Å². The van der Waals surface area contributed by atoms with Gasteiger partial charge in [-0.25, -0.2) is 0 Å². The summed E-state index contributed by atoms with van der Waals surface area (Å²) < 4.78 is 16.8. The average molecular weight is 911 g/mol. The smallest absolute Gasteiger partial charge is 0.306 e. The van der Waals surface area contributed by atoms with E-state index in [-0.39, 0.29) is 31.1 Å². The van der Waals surface area contributed by atoms with Gasteiger partial charge in [-0.1, -0.05) is 262 Å². The lowest BCUT2D eigenvalue weighted by Gasteiger charge is -2.18. The highest BCUT2D eigenvalue weighted by molar-refractivity contribution is 5.71. The topological polar surface area (TPSA) is 78.9 Å². The molecule has 0 spiro atoms. The molecular formula is C59H106O6. The fourth-order valence-electron chi connectivity index (χ4n) is 8.14. The molecule has 0 fully saturated rings. The van der Waals surface area contributed by atoms with Crippen LogP contribution in [-0.4, -0.2) is 37.2 Å². The number of carbonyl (C=O) groups is 3. The van der Waals surface area contributed by atoms with Crippen molar-refractivity contribution in [3.63, 3.8) is 0 Å². The van der Waals surface area contributed by atoms with Crippen LogP contribution in [0, 0.1) is 0 Å². The molecule has 0 radical (unpaired) electrons. The van der Waals surface area contributed by atoms with Crippen LogP contribution in [0.2, 0.25) is 0 Å². The van der Waals surface area contributed by atoms with E-state index in [1.807, 2.05) is 0 Å². The molecule has 0 aliphatic heterocycles. The van der Waals surface area contributed by atoms with Crippen LogP contribution < -0.4 is 0 Å². The third-order valence-corrected chi connectivity index (χ3v) is 12.3. The lowest BCUT2D eigenvalue weighted by atomic mass is 10.0. The van der Waals surface area contributed by atoms with Gasteiger partial charge in [0, 0.05) is 19.3 Å². The van der Waals surface area contributed by atoms with Gasteiger partial charge in [0.2, 0.25) is 0 Å². The summed E-state index contributed by atoms with van der Waals surface area (Å²) in [4.78, 5) is 38.1. The summed E-state index contributed by atoms with van der Waals surface area (Å²) in [6.07, 6.45) is 65.3. The van der Waals surface area contributed by atoms with Crippen LogP contribution >= 0.6 is 0 Å². The first kappa shape index (κ1) is 62.4. The van der Waals surface area contributed by atoms with E-state index in [2.05, 4.69) is 69.4 Å². The zero-order valence-electron chi connectivity index (χ0n) is 43.3. The molecule has 6 heteroatoms. The SMILES string of the molecule is CC/C=C\C/C=C\C/C=C\C/C=C\CCCCC(=O)OC[C@H](COC(=O)CCCCCCCCCCCCCCCCCCC)OC(=O)CCCCCCCCCCCCCCCCC. The van der Waals surface area contributed by atoms with E-state index in [0.29, 0.717) is 19.3 Å². The summed E-state index contributed by atoms with van der Waals surface area (Å²) in [5, 5.41) is 0. The molecule has 0 rings (SSSR count). The van der Waals surface area contributed by atoms with E-state index in [4.69, 9.17) is 14.2 Å². The van der Waals surface area contributed by atoms with Crippen LogP contribution in [0.1, 0.15) is 290 Å². The Morgan fingerprint density at radius 2 is 0.600 bits per heavy atom. The standard InChI is InChI=1S/C59H106O6/c1-4-7-10-13-16-19-22-25-28-29-32-34-37-40-43-46-49-52-58(61)64-55-56(65-59(62)53-50-47-44-41-38-35-31-27-24-21-18-15-12-9-6-3)54-63-57(60)51-48-45-42-39-36-33-30-26-23-20-17-14-11-8-5-2/h8,11,17,20,26,30,36,39,56H,4-7,9-10,12-16,18-19,21-25,27-29,31-35,37-38,40-55H2,1-3H3/b11-8-,20-17-,30-26-,39-36-/t56-/m1/s1. The minimum Gasteiger partial charge on any atom is -0.462 e. The van der Waals surface area contributed by atoms with Crippen molar-refractivity contribution in [2.45, 2.75) is 297 Å². The van der Waals surface area contributed by atoms with Crippen molar-refractivity contribution in [3.05, 3.63) is 48.6 Å². The molecule has 0 aromatic rings. The molecule has 0 aliphatic carbocycles. The Labute approximate surface area is 403 Å². The van der Waals surface area contributed by atoms with Gasteiger partial charge in [-0.15, -0.1) is 0 Å². The Morgan fingerprint density at radius 3 is 0.938 bits per heavy atom. The van der Waals surface area contributed by atoms with Gasteiger partial charge in [0.15, 0.2) is 6.10 Å². The van der Waals surface area contributed by atoms with Gasteiger partial charge < -0.3 is 14.2 Å². The Morgan fingerprint density at radius 1 is 0.323 bits per heavy atom. The van der Waals surface area contributed by atoms with Crippen molar-refractivity contribution in [2.75, 3.05) is 13.2 Å². The van der Waals surface area contributed by atoms with Crippen molar-refractivity contribution in [1.29, 1.82) is 0 Å². The molecule has 0 saturated carbocycles. The number of hydrogen-bond acceptors (Lipinski definition) is 6. The summed E-state index contributed by atoms with van der Waals surface area (Å²) >= 11 is 0. The van der Waals surface area contributed by atoms with E-state index in [1.165, 1.54) is 167 Å². The number of carbonyl (C=O) groups excluding carboxylic acids is 3. The Kier molecular flexibility index (Phi) is 51.8. The van der Waals surface area contributed by atoms with E-state index < -0.39 is 6.10 Å². The second-order valence-corrected chi connectivity index (χ2v) is 18.8. The number of esters is 3. The quantitative estimate of drug-likeness (QED) is 0.0262. The summed E-state index contributed by atoms with van der Waals surface area (Å²) in [5.74, 6) is -0.909. The molecule has 0 unspecified atom stereocenters. The number of hydrogen-bond donors (Lipinski definition) is 0. The number of allylic oxidation sites excluding steroid dienone is 8. The Hall–Kier alpha value is -2.63. The first-order chi connectivity index (χ1) is 32.0. The van der Waals surface area contributed by atoms with Crippen LogP contribution in [0.15, 0.2) is 48.6 Å². The first-order valence-electron chi connectivity index (χ1n) is 28.1. The highest BCUT2D eigenvalue weighted by Crippen LogP contribution is 2.17. The molecule has 0 amide bonds. The summed E-state index contributed by atoms with van der Waals surface area (Å²) in [5.41, 5.74) is 0. The Bertz CT molecular complexity index is 1140. The van der Waals surface area contributed by atoms with E-state index >= 15 is 0 Å². The number of unbranched alkanes of at least 4 members (excludes halogenated alkanes) is 32. The second-order valence-electron chi connectivity index (χ2n) is 18.8. The van der Waals surface area contributed by atoms with Crippen molar-refractivity contribution in [1.82, 2.24) is 0 Å². The predicted molar refractivity (Wildman–Crippen MR) is 279 cm³/mol. The molecule has 378 valence electrons. The third kappa shape index (κ3) is 52.2. The van der Waals surface area contributed by atoms with E-state index in [1.54, 1.807) is 0 Å². The molecule has 0 N–H and O–H groups in total. The van der Waals surface area contributed by atoms with Gasteiger partial charge in [-0.3, -0.25) is 14.4 Å². The van der Waals surface area contributed by atoms with E-state index in [0.717, 1.165) is 83.5 Å². The monoisotopic (exact) mass is 911 g/mol. The summed E-state index contributed by atoms with van der Waals surface area (Å²) in [6, 6.07) is 0. The molecule has 6 nitrogen and oxygen atoms in total. The van der Waals surface area contributed by atoms with Crippen LogP contribution in [-0.2, 0) is 28.6 Å². The zero-order chi connectivity index (χ0) is 47.2. The third-order valence-electron chi connectivity index (χ3n) is 12.3. The molecule has 0 aliphatic rings. The van der Waals surface area contributed by atoms with Crippen molar-refractivity contribution >= 4 is 17.9 Å². The van der Waals surface area contributed by atoms with Crippen LogP contribution in [0.5, 0.6) is 0 Å². The Balaban J connectivity index is 4.39. The minimum atomic E-state index is -0.785. The summed E-state index contributed by atoms with van der Waals surface area (Å²) in [7, 11) is 0. The lowest BCUT2D eigenvalue weighted by Crippen LogP contribution is -2.30. The molecule has 0 aromatic heterocycles. The van der Waals surface area contributed by atoms with Crippen LogP contribution in [0.3, 0.4) is 0 Å². The van der Waals surface area contributed by atoms with Crippen molar-refractivity contribution in [3.8, 4) is 0 Å². The van der Waals surface area contributed by atoms with Gasteiger partial charge in [0.05, 0.1) is 0 Å². The van der Waals surface area contributed by atoms with Crippen molar-refractivity contribution in [2.24, 2.45) is 0 Å². The van der Waals surface area contributed by atoms with Crippen LogP contribution in [0.4, 0.5) is 0 Å². The fraction of sp³-hybridized carbons (Fsp3) is 0.814. The number of rotatable bonds is 51. The molecule has 0 heterocycles. The normalized spacial score (nSPS) is 12.4. The first-order valence-corrected chi connectivity index (χ1v) is 28.1. The average Bonchev–Trinajstić information content (AvgIpc) is 3.30. The maximum Gasteiger partial charge on any atom is 0.306 e. The summed E-state index contributed by atoms with van der Waals surface area (Å²) in [6.45, 7) is 6.53. The number of ether oxygens (including phenoxy) is 3. The maximum absolute atomic E-state index is 12.8. The van der Waals surface area contributed by atoms with Gasteiger partial charge in [0.25, 0.3) is 0 Å². The van der Waals surface area contributed by atoms with Gasteiger partial charge in [-0.2, -0.15) is 0 Å². The maximum atomic E-state index is 12.8.